The molecule has 0 aliphatic rings. The molecule has 2 aromatic carbocycles. The first-order chi connectivity index (χ1) is 21.0. The summed E-state index contributed by atoms with van der Waals surface area (Å²) in [6, 6.07) is 10.6. The largest absolute Gasteiger partial charge is 0.514 e. The lowest BCUT2D eigenvalue weighted by atomic mass is 9.89. The van der Waals surface area contributed by atoms with Crippen molar-refractivity contribution < 1.29 is 43.0 Å². The van der Waals surface area contributed by atoms with E-state index in [2.05, 4.69) is 10.6 Å². The van der Waals surface area contributed by atoms with Crippen LogP contribution in [0.5, 0.6) is 5.75 Å². The van der Waals surface area contributed by atoms with Crippen LogP contribution in [0.1, 0.15) is 52.5 Å². The third-order valence-electron chi connectivity index (χ3n) is 6.41. The van der Waals surface area contributed by atoms with Crippen molar-refractivity contribution in [1.82, 2.24) is 5.32 Å². The van der Waals surface area contributed by atoms with Crippen molar-refractivity contribution >= 4 is 35.1 Å². The van der Waals surface area contributed by atoms with Crippen molar-refractivity contribution in [2.24, 2.45) is 11.8 Å². The first kappa shape index (κ1) is 35.8. The first-order valence-electron chi connectivity index (χ1n) is 14.5. The number of ether oxygens (including phenoxy) is 4. The van der Waals surface area contributed by atoms with Gasteiger partial charge in [0.25, 0.3) is 5.69 Å². The lowest BCUT2D eigenvalue weighted by Crippen LogP contribution is -2.45. The number of anilines is 1. The Labute approximate surface area is 256 Å². The molecule has 0 aliphatic heterocycles. The monoisotopic (exact) mass is 615 g/mol. The second-order valence-corrected chi connectivity index (χ2v) is 10.4. The van der Waals surface area contributed by atoms with Crippen molar-refractivity contribution in [2.75, 3.05) is 31.7 Å². The van der Waals surface area contributed by atoms with Gasteiger partial charge in [-0.25, -0.2) is 4.79 Å². The number of nitro groups is 1. The molecule has 2 aromatic rings. The number of nitrogens with zero attached hydrogens (tertiary/aromatic N) is 1. The van der Waals surface area contributed by atoms with E-state index in [9.17, 15) is 29.3 Å². The molecule has 0 bridgehead atoms. The molecule has 0 radical (unpaired) electrons. The molecule has 2 atom stereocenters. The Balaban J connectivity index is 1.76. The Morgan fingerprint density at radius 2 is 1.50 bits per heavy atom. The zero-order chi connectivity index (χ0) is 32.5. The van der Waals surface area contributed by atoms with Gasteiger partial charge in [-0.2, -0.15) is 0 Å². The Bertz CT molecular complexity index is 1230. The molecule has 0 aromatic heterocycles. The zero-order valence-corrected chi connectivity index (χ0v) is 25.5. The molecule has 44 heavy (non-hydrogen) atoms. The third kappa shape index (κ3) is 13.3. The predicted octanol–water partition coefficient (Wildman–Crippen LogP) is 4.82. The number of benzene rings is 2. The summed E-state index contributed by atoms with van der Waals surface area (Å²) >= 11 is 0. The lowest BCUT2D eigenvalue weighted by Gasteiger charge is -2.22. The van der Waals surface area contributed by atoms with E-state index in [-0.39, 0.29) is 55.1 Å². The highest BCUT2D eigenvalue weighted by atomic mass is 16.7. The number of carbonyl (C=O) groups is 4. The van der Waals surface area contributed by atoms with Gasteiger partial charge in [0.1, 0.15) is 24.2 Å². The van der Waals surface area contributed by atoms with E-state index in [4.69, 9.17) is 18.9 Å². The Kier molecular flexibility index (Phi) is 15.5. The van der Waals surface area contributed by atoms with Crippen LogP contribution >= 0.6 is 0 Å². The minimum absolute atomic E-state index is 0.0541. The molecule has 0 aliphatic carbocycles. The fraction of sp³-hybridized carbons (Fsp3) is 0.484. The van der Waals surface area contributed by atoms with Gasteiger partial charge in [0, 0.05) is 43.2 Å². The predicted molar refractivity (Wildman–Crippen MR) is 161 cm³/mol. The summed E-state index contributed by atoms with van der Waals surface area (Å²) < 4.78 is 20.8. The van der Waals surface area contributed by atoms with Crippen LogP contribution in [0.2, 0.25) is 0 Å². The van der Waals surface area contributed by atoms with E-state index in [0.29, 0.717) is 31.1 Å². The summed E-state index contributed by atoms with van der Waals surface area (Å²) in [5, 5.41) is 16.1. The number of ketones is 1. The number of nitro benzene ring substituents is 1. The van der Waals surface area contributed by atoms with Crippen LogP contribution in [-0.4, -0.2) is 61.1 Å². The summed E-state index contributed by atoms with van der Waals surface area (Å²) in [7, 11) is 0. The normalized spacial score (nSPS) is 12.2. The highest BCUT2D eigenvalue weighted by Crippen LogP contribution is 2.19. The van der Waals surface area contributed by atoms with Gasteiger partial charge in [-0.3, -0.25) is 24.5 Å². The van der Waals surface area contributed by atoms with E-state index in [0.717, 1.165) is 6.42 Å². The fourth-order valence-electron chi connectivity index (χ4n) is 3.86. The Morgan fingerprint density at radius 3 is 2.09 bits per heavy atom. The summed E-state index contributed by atoms with van der Waals surface area (Å²) in [5.41, 5.74) is 0.941. The van der Waals surface area contributed by atoms with Crippen molar-refractivity contribution in [3.8, 4) is 5.75 Å². The Hall–Kier alpha value is -4.36. The maximum absolute atomic E-state index is 12.9. The van der Waals surface area contributed by atoms with Gasteiger partial charge >= 0.3 is 6.16 Å². The summed E-state index contributed by atoms with van der Waals surface area (Å²) in [5.74, 6) is -1.51. The molecule has 0 fully saturated rings. The van der Waals surface area contributed by atoms with Crippen LogP contribution in [0.15, 0.2) is 48.5 Å². The molecule has 13 nitrogen and oxygen atoms in total. The van der Waals surface area contributed by atoms with E-state index in [1.165, 1.54) is 24.3 Å². The average molecular weight is 616 g/mol. The number of nitrogens with one attached hydrogen (secondary N) is 2. The van der Waals surface area contributed by atoms with Crippen LogP contribution in [0.25, 0.3) is 0 Å². The van der Waals surface area contributed by atoms with E-state index < -0.39 is 28.9 Å². The topological polar surface area (TPSA) is 172 Å². The van der Waals surface area contributed by atoms with E-state index in [1.54, 1.807) is 31.2 Å². The summed E-state index contributed by atoms with van der Waals surface area (Å²) in [6.45, 7) is 8.98. The minimum Gasteiger partial charge on any atom is -0.429 e. The molecule has 0 saturated heterocycles. The molecule has 0 heterocycles. The maximum atomic E-state index is 12.9. The smallest absolute Gasteiger partial charge is 0.429 e. The molecule has 2 rings (SSSR count). The summed E-state index contributed by atoms with van der Waals surface area (Å²) in [4.78, 5) is 60.2. The van der Waals surface area contributed by atoms with Crippen molar-refractivity contribution in [1.29, 1.82) is 0 Å². The second kappa shape index (κ2) is 19.0. The molecular formula is C31H41N3O10. The van der Waals surface area contributed by atoms with Gasteiger partial charge in [0.2, 0.25) is 11.8 Å². The van der Waals surface area contributed by atoms with Crippen LogP contribution in [-0.2, 0) is 35.2 Å². The lowest BCUT2D eigenvalue weighted by molar-refractivity contribution is -0.384. The quantitative estimate of drug-likeness (QED) is 0.0734. The fourth-order valence-corrected chi connectivity index (χ4v) is 3.86. The first-order valence-corrected chi connectivity index (χ1v) is 14.5. The number of hydrogen-bond acceptors (Lipinski definition) is 10. The number of carbonyl (C=O) groups excluding carboxylic acids is 4. The van der Waals surface area contributed by atoms with Gasteiger partial charge in [0.15, 0.2) is 0 Å². The highest BCUT2D eigenvalue weighted by molar-refractivity contribution is 5.97. The molecule has 0 spiro atoms. The maximum Gasteiger partial charge on any atom is 0.514 e. The number of non-ortho nitro benzene ring substituents is 1. The van der Waals surface area contributed by atoms with Gasteiger partial charge in [-0.15, -0.1) is 0 Å². The number of rotatable bonds is 19. The van der Waals surface area contributed by atoms with Crippen LogP contribution < -0.4 is 15.4 Å². The van der Waals surface area contributed by atoms with Crippen molar-refractivity contribution in [3.05, 3.63) is 64.2 Å². The molecule has 2 amide bonds. The van der Waals surface area contributed by atoms with E-state index in [1.807, 2.05) is 20.8 Å². The number of hydrogen-bond donors (Lipinski definition) is 2. The van der Waals surface area contributed by atoms with Crippen LogP contribution in [0.4, 0.5) is 16.2 Å². The zero-order valence-electron chi connectivity index (χ0n) is 25.5. The molecule has 240 valence electrons. The molecule has 0 saturated carbocycles. The van der Waals surface area contributed by atoms with Gasteiger partial charge in [-0.1, -0.05) is 32.9 Å². The van der Waals surface area contributed by atoms with E-state index >= 15 is 0 Å². The average Bonchev–Trinajstić information content (AvgIpc) is 2.99. The van der Waals surface area contributed by atoms with Crippen LogP contribution in [0, 0.1) is 22.0 Å². The number of Topliss-reactive ketones (excluding diaryl/α,β-unsaturated/α-hetero) is 1. The second-order valence-electron chi connectivity index (χ2n) is 10.4. The third-order valence-corrected chi connectivity index (χ3v) is 6.41. The van der Waals surface area contributed by atoms with Gasteiger partial charge < -0.3 is 29.6 Å². The molecule has 2 N–H and O–H groups in total. The van der Waals surface area contributed by atoms with Gasteiger partial charge in [0.05, 0.1) is 24.7 Å². The van der Waals surface area contributed by atoms with Crippen molar-refractivity contribution in [3.63, 3.8) is 0 Å². The molecule has 13 heteroatoms. The molecular weight excluding hydrogens is 574 g/mol. The van der Waals surface area contributed by atoms with Crippen molar-refractivity contribution in [2.45, 2.75) is 59.6 Å². The Morgan fingerprint density at radius 1 is 0.864 bits per heavy atom. The highest BCUT2D eigenvalue weighted by Gasteiger charge is 2.27. The number of amides is 2. The summed E-state index contributed by atoms with van der Waals surface area (Å²) in [6.07, 6.45) is 0.197. The van der Waals surface area contributed by atoms with Gasteiger partial charge in [-0.05, 0) is 49.1 Å². The standard InChI is InChI=1S/C31H41N3O10/c1-5-15-41-17-18-42-16-14-26(35)19-28(21(2)3)30(37)32-22(4)29(36)33-24-8-6-23(7-9-24)20-43-31(38)44-27-12-10-25(11-13-27)34(39)40/h6-13,21-22,28H,5,14-20H2,1-4H3,(H,32,37)(H,33,36)/t22-,28-/m0/s1. The minimum atomic E-state index is -0.983. The SMILES string of the molecule is CCCOCCOCCC(=O)C[C@H](C(=O)N[C@@H](C)C(=O)Nc1ccc(COC(=O)Oc2ccc([N+](=O)[O-])cc2)cc1)C(C)C. The molecule has 0 unspecified atom stereocenters. The van der Waals surface area contributed by atoms with Crippen LogP contribution in [0.3, 0.4) is 0 Å².